The van der Waals surface area contributed by atoms with Crippen molar-refractivity contribution in [2.24, 2.45) is 0 Å². The molecular formula is C19H20N2O4. The Morgan fingerprint density at radius 2 is 1.40 bits per heavy atom. The van der Waals surface area contributed by atoms with E-state index in [0.29, 0.717) is 6.04 Å². The fraction of sp³-hybridized carbons (Fsp3) is 0.158. The molecule has 25 heavy (non-hydrogen) atoms. The topological polar surface area (TPSA) is 102 Å². The van der Waals surface area contributed by atoms with Crippen molar-refractivity contribution in [3.63, 3.8) is 0 Å². The normalized spacial score (nSPS) is 11.0. The highest BCUT2D eigenvalue weighted by molar-refractivity contribution is 5.84. The van der Waals surface area contributed by atoms with Crippen LogP contribution in [0.2, 0.25) is 0 Å². The van der Waals surface area contributed by atoms with Crippen LogP contribution in [0.4, 0.5) is 0 Å². The minimum absolute atomic E-state index is 0.0704. The molecule has 6 nitrogen and oxygen atoms in total. The number of rotatable bonds is 1. The molecule has 0 spiro atoms. The lowest BCUT2D eigenvalue weighted by molar-refractivity contribution is 0.404. The molecule has 0 aliphatic carbocycles. The van der Waals surface area contributed by atoms with Gasteiger partial charge in [-0.1, -0.05) is 0 Å². The summed E-state index contributed by atoms with van der Waals surface area (Å²) in [6.45, 7) is 4.15. The third-order valence-electron chi connectivity index (χ3n) is 4.02. The van der Waals surface area contributed by atoms with Crippen molar-refractivity contribution >= 4 is 21.8 Å². The maximum Gasteiger partial charge on any atom is 0.159 e. The number of hydrogen-bond donors (Lipinski definition) is 5. The monoisotopic (exact) mass is 340 g/mol. The molecule has 5 N–H and O–H groups in total. The Bertz CT molecular complexity index is 995. The number of H-pyrrole nitrogens is 1. The van der Waals surface area contributed by atoms with Crippen LogP contribution in [0.5, 0.6) is 23.0 Å². The number of phenolic OH excluding ortho intramolecular Hbond substituents is 4. The average Bonchev–Trinajstić information content (AvgIpc) is 3.15. The molecule has 6 heteroatoms. The Morgan fingerprint density at radius 3 is 2.08 bits per heavy atom. The molecule has 130 valence electrons. The summed E-state index contributed by atoms with van der Waals surface area (Å²) >= 11 is 0. The third-order valence-corrected chi connectivity index (χ3v) is 4.02. The lowest BCUT2D eigenvalue weighted by Gasteiger charge is -2.09. The summed E-state index contributed by atoms with van der Waals surface area (Å²) in [5, 5.41) is 38.6. The van der Waals surface area contributed by atoms with E-state index in [1.807, 2.05) is 18.3 Å². The van der Waals surface area contributed by atoms with Gasteiger partial charge in [0.05, 0.1) is 5.52 Å². The first kappa shape index (κ1) is 16.6. The predicted octanol–water partition coefficient (Wildman–Crippen LogP) is 4.21. The summed E-state index contributed by atoms with van der Waals surface area (Å²) in [5.41, 5.74) is 1.76. The summed E-state index contributed by atoms with van der Waals surface area (Å²) in [4.78, 5) is 2.92. The lowest BCUT2D eigenvalue weighted by atomic mass is 10.2. The largest absolute Gasteiger partial charge is 0.504 e. The van der Waals surface area contributed by atoms with Gasteiger partial charge in [0.1, 0.15) is 0 Å². The first-order chi connectivity index (χ1) is 11.9. The van der Waals surface area contributed by atoms with Crippen LogP contribution < -0.4 is 0 Å². The number of phenols is 4. The van der Waals surface area contributed by atoms with Gasteiger partial charge in [-0.25, -0.2) is 0 Å². The lowest BCUT2D eigenvalue weighted by Crippen LogP contribution is -1.97. The molecule has 4 rings (SSSR count). The van der Waals surface area contributed by atoms with Crippen LogP contribution in [0.3, 0.4) is 0 Å². The fourth-order valence-electron chi connectivity index (χ4n) is 2.71. The molecule has 0 saturated heterocycles. The van der Waals surface area contributed by atoms with Crippen LogP contribution >= 0.6 is 0 Å². The van der Waals surface area contributed by atoms with Crippen molar-refractivity contribution in [1.29, 1.82) is 0 Å². The van der Waals surface area contributed by atoms with Crippen LogP contribution in [0, 0.1) is 0 Å². The van der Waals surface area contributed by atoms with Crippen LogP contribution in [0.1, 0.15) is 19.9 Å². The van der Waals surface area contributed by atoms with E-state index in [1.54, 1.807) is 18.3 Å². The highest BCUT2D eigenvalue weighted by Crippen LogP contribution is 2.32. The molecule has 0 unspecified atom stereocenters. The maximum absolute atomic E-state index is 9.38. The van der Waals surface area contributed by atoms with Crippen LogP contribution in [0.25, 0.3) is 21.8 Å². The number of fused-ring (bicyclic) bond motifs is 2. The minimum Gasteiger partial charge on any atom is -0.504 e. The van der Waals surface area contributed by atoms with Gasteiger partial charge in [-0.15, -0.1) is 0 Å². The molecule has 0 fully saturated rings. The molecule has 4 aromatic rings. The molecule has 0 saturated carbocycles. The Balaban J connectivity index is 0.000000150. The first-order valence-corrected chi connectivity index (χ1v) is 7.88. The number of nitrogens with one attached hydrogen (secondary N) is 1. The number of aromatic nitrogens is 2. The summed E-state index contributed by atoms with van der Waals surface area (Å²) in [5.74, 6) is -0.325. The zero-order valence-corrected chi connectivity index (χ0v) is 13.9. The number of nitrogens with zero attached hydrogens (tertiary/aromatic N) is 1. The van der Waals surface area contributed by atoms with Crippen molar-refractivity contribution in [3.05, 3.63) is 48.8 Å². The van der Waals surface area contributed by atoms with Gasteiger partial charge in [0.15, 0.2) is 23.0 Å². The van der Waals surface area contributed by atoms with Crippen molar-refractivity contribution in [2.75, 3.05) is 0 Å². The molecule has 2 heterocycles. The zero-order chi connectivity index (χ0) is 18.1. The Hall–Kier alpha value is -3.28. The number of benzene rings is 2. The van der Waals surface area contributed by atoms with E-state index < -0.39 is 0 Å². The average molecular weight is 340 g/mol. The van der Waals surface area contributed by atoms with E-state index in [9.17, 15) is 10.2 Å². The standard InChI is InChI=1S/C11H13NO2.C8H7NO2/c1-7(2)12-4-3-8-5-10(13)11(14)6-9(8)12;10-7-3-5-1-2-9-6(5)4-8(7)11/h3-7,13-14H,1-2H3;1-4,9-11H. The second kappa shape index (κ2) is 6.32. The molecule has 0 atom stereocenters. The summed E-state index contributed by atoms with van der Waals surface area (Å²) in [6, 6.07) is 10.3. The minimum atomic E-state index is -0.0973. The van der Waals surface area contributed by atoms with Gasteiger partial charge in [0.25, 0.3) is 0 Å². The Kier molecular flexibility index (Phi) is 4.19. The summed E-state index contributed by atoms with van der Waals surface area (Å²) in [6.07, 6.45) is 3.71. The van der Waals surface area contributed by atoms with E-state index in [-0.39, 0.29) is 23.0 Å². The molecule has 2 aromatic heterocycles. The molecule has 0 aliphatic rings. The van der Waals surface area contributed by atoms with E-state index in [1.165, 1.54) is 12.1 Å². The molecule has 0 bridgehead atoms. The summed E-state index contributed by atoms with van der Waals surface area (Å²) < 4.78 is 2.05. The SMILES string of the molecule is CC(C)n1ccc2cc(O)c(O)cc21.Oc1cc2cc[nH]c2cc1O. The van der Waals surface area contributed by atoms with E-state index in [4.69, 9.17) is 10.2 Å². The van der Waals surface area contributed by atoms with Gasteiger partial charge >= 0.3 is 0 Å². The van der Waals surface area contributed by atoms with E-state index >= 15 is 0 Å². The third kappa shape index (κ3) is 3.19. The second-order valence-electron chi connectivity index (χ2n) is 6.12. The second-order valence-corrected chi connectivity index (χ2v) is 6.12. The zero-order valence-electron chi connectivity index (χ0n) is 13.9. The molecule has 2 aromatic carbocycles. The van der Waals surface area contributed by atoms with Gasteiger partial charge in [-0.3, -0.25) is 0 Å². The predicted molar refractivity (Wildman–Crippen MR) is 97.3 cm³/mol. The van der Waals surface area contributed by atoms with E-state index in [0.717, 1.165) is 21.8 Å². The van der Waals surface area contributed by atoms with Crippen molar-refractivity contribution in [2.45, 2.75) is 19.9 Å². The first-order valence-electron chi connectivity index (χ1n) is 7.88. The van der Waals surface area contributed by atoms with Crippen molar-refractivity contribution in [1.82, 2.24) is 9.55 Å². The number of aromatic amines is 1. The van der Waals surface area contributed by atoms with Gasteiger partial charge in [-0.2, -0.15) is 0 Å². The van der Waals surface area contributed by atoms with Crippen molar-refractivity contribution in [3.8, 4) is 23.0 Å². The number of aromatic hydroxyl groups is 4. The Labute approximate surface area is 144 Å². The highest BCUT2D eigenvalue weighted by Gasteiger charge is 2.07. The quantitative estimate of drug-likeness (QED) is 0.335. The fourth-order valence-corrected chi connectivity index (χ4v) is 2.71. The molecule has 0 amide bonds. The maximum atomic E-state index is 9.38. The highest BCUT2D eigenvalue weighted by atomic mass is 16.3. The number of hydrogen-bond acceptors (Lipinski definition) is 4. The van der Waals surface area contributed by atoms with E-state index in [2.05, 4.69) is 23.4 Å². The van der Waals surface area contributed by atoms with Gasteiger partial charge in [0.2, 0.25) is 0 Å². The Morgan fingerprint density at radius 1 is 0.800 bits per heavy atom. The smallest absolute Gasteiger partial charge is 0.159 e. The van der Waals surface area contributed by atoms with Gasteiger partial charge in [-0.05, 0) is 38.1 Å². The molecule has 0 radical (unpaired) electrons. The molecule has 0 aliphatic heterocycles. The van der Waals surface area contributed by atoms with Crippen molar-refractivity contribution < 1.29 is 20.4 Å². The van der Waals surface area contributed by atoms with Gasteiger partial charge < -0.3 is 30.0 Å². The van der Waals surface area contributed by atoms with Gasteiger partial charge in [0, 0.05) is 46.9 Å². The molecular weight excluding hydrogens is 320 g/mol. The summed E-state index contributed by atoms with van der Waals surface area (Å²) in [7, 11) is 0. The van der Waals surface area contributed by atoms with Crippen LogP contribution in [0.15, 0.2) is 48.8 Å². The van der Waals surface area contributed by atoms with Crippen LogP contribution in [-0.4, -0.2) is 30.0 Å². The van der Waals surface area contributed by atoms with Crippen LogP contribution in [-0.2, 0) is 0 Å².